The molecular weight excluding hydrogens is 499 g/mol. The Labute approximate surface area is 215 Å². The van der Waals surface area contributed by atoms with Crippen LogP contribution in [0.1, 0.15) is 25.0 Å². The number of H-pyrrole nitrogens is 1. The first-order valence-corrected chi connectivity index (χ1v) is 12.1. The van der Waals surface area contributed by atoms with Crippen LogP contribution in [0.4, 0.5) is 18.9 Å². The van der Waals surface area contributed by atoms with Crippen molar-refractivity contribution < 1.29 is 17.9 Å². The standard InChI is InChI=1S/C25H24F3N9O/c26-25(27,28)24(4-5-24)34-16-38-12-18-1-2-19(10-31-18)36-13-23(14-36,6-7-29)37-11-17(9-35-37)21-20-3-8-30-22(20)33-15-32-21/h1-3,8-11,15,34H,4-6,12-14,16H2,(H,30,32,33). The SMILES string of the molecule is N#CCC1(n2cc(-c3ncnc4[nH]ccc34)cn2)CN(c2ccc(COCNC3(C(F)(F)F)CC3)nc2)C1. The van der Waals surface area contributed by atoms with E-state index in [0.29, 0.717) is 25.2 Å². The molecule has 1 saturated carbocycles. The van der Waals surface area contributed by atoms with Gasteiger partial charge in [0.1, 0.15) is 23.1 Å². The Morgan fingerprint density at radius 3 is 2.68 bits per heavy atom. The fourth-order valence-corrected chi connectivity index (χ4v) is 4.86. The zero-order valence-corrected chi connectivity index (χ0v) is 20.2. The lowest BCUT2D eigenvalue weighted by molar-refractivity contribution is -0.170. The molecule has 10 nitrogen and oxygen atoms in total. The van der Waals surface area contributed by atoms with Crippen LogP contribution in [0.25, 0.3) is 22.3 Å². The van der Waals surface area contributed by atoms with Gasteiger partial charge in [0.15, 0.2) is 0 Å². The zero-order chi connectivity index (χ0) is 26.4. The molecule has 0 amide bonds. The summed E-state index contributed by atoms with van der Waals surface area (Å²) in [6.07, 6.45) is 4.87. The summed E-state index contributed by atoms with van der Waals surface area (Å²) >= 11 is 0. The number of fused-ring (bicyclic) bond motifs is 1. The Hall–Kier alpha value is -4.02. The average molecular weight is 524 g/mol. The molecule has 13 heteroatoms. The lowest BCUT2D eigenvalue weighted by Crippen LogP contribution is -2.63. The molecule has 1 aliphatic carbocycles. The Kier molecular flexibility index (Phi) is 5.81. The van der Waals surface area contributed by atoms with E-state index in [1.807, 2.05) is 29.2 Å². The van der Waals surface area contributed by atoms with Crippen molar-refractivity contribution in [1.82, 2.24) is 35.0 Å². The van der Waals surface area contributed by atoms with E-state index in [1.54, 1.807) is 18.5 Å². The Morgan fingerprint density at radius 2 is 1.97 bits per heavy atom. The molecule has 1 saturated heterocycles. The van der Waals surface area contributed by atoms with Crippen molar-refractivity contribution in [2.75, 3.05) is 24.7 Å². The monoisotopic (exact) mass is 523 g/mol. The highest BCUT2D eigenvalue weighted by atomic mass is 19.4. The van der Waals surface area contributed by atoms with E-state index in [1.165, 1.54) is 6.33 Å². The largest absolute Gasteiger partial charge is 0.406 e. The number of aromatic nitrogens is 6. The van der Waals surface area contributed by atoms with Crippen LogP contribution in [0.3, 0.4) is 0 Å². The third-order valence-electron chi connectivity index (χ3n) is 7.30. The van der Waals surface area contributed by atoms with Crippen LogP contribution >= 0.6 is 0 Å². The maximum Gasteiger partial charge on any atom is 0.406 e. The molecule has 38 heavy (non-hydrogen) atoms. The van der Waals surface area contributed by atoms with Gasteiger partial charge in [-0.1, -0.05) is 0 Å². The molecule has 6 rings (SSSR count). The van der Waals surface area contributed by atoms with Gasteiger partial charge in [-0.15, -0.1) is 0 Å². The molecule has 2 aliphatic rings. The van der Waals surface area contributed by atoms with Crippen LogP contribution in [-0.4, -0.2) is 61.3 Å². The minimum atomic E-state index is -4.27. The highest BCUT2D eigenvalue weighted by Gasteiger charge is 2.63. The molecule has 196 valence electrons. The van der Waals surface area contributed by atoms with E-state index in [9.17, 15) is 18.4 Å². The lowest BCUT2D eigenvalue weighted by Gasteiger charge is -2.50. The third-order valence-corrected chi connectivity index (χ3v) is 7.30. The number of nitrogens with one attached hydrogen (secondary N) is 2. The fraction of sp³-hybridized carbons (Fsp3) is 0.400. The quantitative estimate of drug-likeness (QED) is 0.253. The molecule has 0 atom stereocenters. The molecule has 0 unspecified atom stereocenters. The normalized spacial score (nSPS) is 17.8. The molecule has 0 spiro atoms. The number of rotatable bonds is 9. The number of nitrogens with zero attached hydrogens (tertiary/aromatic N) is 7. The summed E-state index contributed by atoms with van der Waals surface area (Å²) in [5.74, 6) is 0. The van der Waals surface area contributed by atoms with Crippen molar-refractivity contribution >= 4 is 16.7 Å². The van der Waals surface area contributed by atoms with Crippen molar-refractivity contribution in [3.63, 3.8) is 0 Å². The van der Waals surface area contributed by atoms with E-state index in [2.05, 4.69) is 41.3 Å². The summed E-state index contributed by atoms with van der Waals surface area (Å²) in [7, 11) is 0. The van der Waals surface area contributed by atoms with Gasteiger partial charge >= 0.3 is 6.18 Å². The smallest absolute Gasteiger partial charge is 0.365 e. The number of pyridine rings is 1. The van der Waals surface area contributed by atoms with Crippen molar-refractivity contribution in [2.24, 2.45) is 0 Å². The van der Waals surface area contributed by atoms with Crippen LogP contribution in [0.5, 0.6) is 0 Å². The average Bonchev–Trinajstić information content (AvgIpc) is 3.29. The van der Waals surface area contributed by atoms with Crippen LogP contribution in [-0.2, 0) is 16.9 Å². The topological polar surface area (TPSA) is 121 Å². The number of nitriles is 1. The van der Waals surface area contributed by atoms with Gasteiger partial charge in [-0.2, -0.15) is 23.5 Å². The molecule has 4 aromatic heterocycles. The van der Waals surface area contributed by atoms with Crippen LogP contribution < -0.4 is 10.2 Å². The van der Waals surface area contributed by atoms with Crippen molar-refractivity contribution in [3.05, 3.63) is 55.0 Å². The fourth-order valence-electron chi connectivity index (χ4n) is 4.86. The van der Waals surface area contributed by atoms with Gasteiger partial charge in [-0.3, -0.25) is 15.0 Å². The van der Waals surface area contributed by atoms with E-state index < -0.39 is 17.3 Å². The van der Waals surface area contributed by atoms with Crippen molar-refractivity contribution in [3.8, 4) is 17.3 Å². The molecule has 4 aromatic rings. The predicted octanol–water partition coefficient (Wildman–Crippen LogP) is 3.50. The third kappa shape index (κ3) is 4.25. The number of anilines is 1. The summed E-state index contributed by atoms with van der Waals surface area (Å²) in [5.41, 5.74) is 1.58. The first kappa shape index (κ1) is 24.3. The maximum atomic E-state index is 13.0. The van der Waals surface area contributed by atoms with E-state index >= 15 is 0 Å². The number of hydrogen-bond acceptors (Lipinski definition) is 8. The summed E-state index contributed by atoms with van der Waals surface area (Å²) in [6, 6.07) is 7.90. The summed E-state index contributed by atoms with van der Waals surface area (Å²) in [5, 5.41) is 17.5. The molecule has 2 fully saturated rings. The summed E-state index contributed by atoms with van der Waals surface area (Å²) in [6.45, 7) is 1.06. The lowest BCUT2D eigenvalue weighted by atomic mass is 9.86. The van der Waals surface area contributed by atoms with Crippen molar-refractivity contribution in [2.45, 2.75) is 43.1 Å². The number of aromatic amines is 1. The van der Waals surface area contributed by atoms with Crippen molar-refractivity contribution in [1.29, 1.82) is 5.26 Å². The molecular formula is C25H24F3N9O. The Bertz CT molecular complexity index is 1480. The molecule has 0 bridgehead atoms. The predicted molar refractivity (Wildman–Crippen MR) is 131 cm³/mol. The van der Waals surface area contributed by atoms with Gasteiger partial charge in [0, 0.05) is 36.4 Å². The van der Waals surface area contributed by atoms with Crippen LogP contribution in [0.2, 0.25) is 0 Å². The van der Waals surface area contributed by atoms with Crippen LogP contribution in [0.15, 0.2) is 49.3 Å². The number of alkyl halides is 3. The summed E-state index contributed by atoms with van der Waals surface area (Å²) < 4.78 is 46.1. The second kappa shape index (κ2) is 9.07. The molecule has 0 radical (unpaired) electrons. The van der Waals surface area contributed by atoms with Gasteiger partial charge in [-0.05, 0) is 31.0 Å². The molecule has 5 heterocycles. The first-order chi connectivity index (χ1) is 18.3. The minimum absolute atomic E-state index is 0.0766. The minimum Gasteiger partial charge on any atom is -0.365 e. The van der Waals surface area contributed by atoms with Gasteiger partial charge in [0.25, 0.3) is 0 Å². The van der Waals surface area contributed by atoms with Gasteiger partial charge in [-0.25, -0.2) is 9.97 Å². The number of halogens is 3. The second-order valence-corrected chi connectivity index (χ2v) is 9.81. The highest BCUT2D eigenvalue weighted by Crippen LogP contribution is 2.48. The van der Waals surface area contributed by atoms with Gasteiger partial charge in [0.2, 0.25) is 0 Å². The first-order valence-electron chi connectivity index (χ1n) is 12.1. The zero-order valence-electron chi connectivity index (χ0n) is 20.2. The van der Waals surface area contributed by atoms with E-state index in [-0.39, 0.29) is 26.2 Å². The molecule has 0 aromatic carbocycles. The summed E-state index contributed by atoms with van der Waals surface area (Å²) in [4.78, 5) is 18.2. The van der Waals surface area contributed by atoms with Gasteiger partial charge < -0.3 is 14.6 Å². The van der Waals surface area contributed by atoms with Crippen LogP contribution in [0, 0.1) is 11.3 Å². The maximum absolute atomic E-state index is 13.0. The Balaban J connectivity index is 1.08. The second-order valence-electron chi connectivity index (χ2n) is 9.81. The van der Waals surface area contributed by atoms with Gasteiger partial charge in [0.05, 0.1) is 55.3 Å². The molecule has 2 N–H and O–H groups in total. The van der Waals surface area contributed by atoms with E-state index in [4.69, 9.17) is 4.74 Å². The Morgan fingerprint density at radius 1 is 1.13 bits per heavy atom. The molecule has 1 aliphatic heterocycles. The highest BCUT2D eigenvalue weighted by molar-refractivity contribution is 5.90. The van der Waals surface area contributed by atoms with E-state index in [0.717, 1.165) is 28.0 Å². The number of ether oxygens (including phenoxy) is 1. The number of hydrogen-bond donors (Lipinski definition) is 2.